The molecule has 0 saturated heterocycles. The average Bonchev–Trinajstić information content (AvgIpc) is 3.18. The summed E-state index contributed by atoms with van der Waals surface area (Å²) in [4.78, 5) is 30.0. The molecule has 0 unspecified atom stereocenters. The van der Waals surface area contributed by atoms with Crippen LogP contribution in [0.15, 0.2) is 35.4 Å². The number of methoxy groups -OCH3 is 1. The molecule has 1 fully saturated rings. The molecule has 35 heavy (non-hydrogen) atoms. The van der Waals surface area contributed by atoms with Gasteiger partial charge in [-0.2, -0.15) is 0 Å². The molecule has 186 valence electrons. The monoisotopic (exact) mass is 498 g/mol. The zero-order valence-corrected chi connectivity index (χ0v) is 20.9. The molecule has 1 aromatic carbocycles. The number of amides is 1. The van der Waals surface area contributed by atoms with E-state index in [1.54, 1.807) is 11.6 Å². The summed E-state index contributed by atoms with van der Waals surface area (Å²) >= 11 is 0. The van der Waals surface area contributed by atoms with Crippen molar-refractivity contribution in [1.82, 2.24) is 14.9 Å². The molecule has 10 heteroatoms. The number of nitrogens with zero attached hydrogens (tertiary/aromatic N) is 2. The number of aromatic nitrogens is 2. The molecule has 2 aliphatic rings. The van der Waals surface area contributed by atoms with E-state index >= 15 is 0 Å². The highest BCUT2D eigenvalue weighted by molar-refractivity contribution is 7.89. The molecule has 9 nitrogen and oxygen atoms in total. The predicted molar refractivity (Wildman–Crippen MR) is 135 cm³/mol. The van der Waals surface area contributed by atoms with Crippen LogP contribution in [-0.2, 0) is 33.9 Å². The van der Waals surface area contributed by atoms with Crippen molar-refractivity contribution in [3.05, 3.63) is 52.1 Å². The van der Waals surface area contributed by atoms with Crippen LogP contribution in [0.5, 0.6) is 0 Å². The second-order valence-corrected chi connectivity index (χ2v) is 11.9. The number of nitrogens with one attached hydrogen (secondary N) is 2. The Hall–Kier alpha value is -3.27. The first-order valence-electron chi connectivity index (χ1n) is 11.8. The fraction of sp³-hybridized carbons (Fsp3) is 0.440. The van der Waals surface area contributed by atoms with Crippen LogP contribution in [0.25, 0.3) is 22.0 Å². The van der Waals surface area contributed by atoms with Crippen molar-refractivity contribution in [2.75, 3.05) is 18.3 Å². The van der Waals surface area contributed by atoms with Gasteiger partial charge in [0.15, 0.2) is 9.84 Å². The molecule has 1 aliphatic heterocycles. The highest BCUT2D eigenvalue weighted by atomic mass is 32.2. The number of anilines is 1. The number of benzene rings is 1. The number of hydrogen-bond donors (Lipinski definition) is 2. The summed E-state index contributed by atoms with van der Waals surface area (Å²) < 4.78 is 30.4. The number of aromatic amines is 1. The lowest BCUT2D eigenvalue weighted by molar-refractivity contribution is 0.162. The fourth-order valence-electron chi connectivity index (χ4n) is 5.56. The van der Waals surface area contributed by atoms with E-state index in [2.05, 4.69) is 15.2 Å². The van der Waals surface area contributed by atoms with E-state index in [4.69, 9.17) is 4.74 Å². The van der Waals surface area contributed by atoms with Crippen molar-refractivity contribution >= 4 is 32.5 Å². The Morgan fingerprint density at radius 3 is 2.63 bits per heavy atom. The first-order chi connectivity index (χ1) is 16.6. The maximum absolute atomic E-state index is 12.8. The Kier molecular flexibility index (Phi) is 5.86. The Morgan fingerprint density at radius 2 is 1.94 bits per heavy atom. The van der Waals surface area contributed by atoms with E-state index in [0.717, 1.165) is 59.0 Å². The molecular weight excluding hydrogens is 468 g/mol. The number of carbonyl (C=O) groups is 1. The Morgan fingerprint density at radius 1 is 1.20 bits per heavy atom. The molecule has 0 spiro atoms. The van der Waals surface area contributed by atoms with Crippen molar-refractivity contribution in [2.24, 2.45) is 7.05 Å². The smallest absolute Gasteiger partial charge is 0.407 e. The summed E-state index contributed by atoms with van der Waals surface area (Å²) in [6.07, 6.45) is 8.06. The van der Waals surface area contributed by atoms with Crippen LogP contribution in [0.3, 0.4) is 0 Å². The lowest BCUT2D eigenvalue weighted by Gasteiger charge is -2.38. The van der Waals surface area contributed by atoms with Crippen molar-refractivity contribution in [3.8, 4) is 11.1 Å². The van der Waals surface area contributed by atoms with Gasteiger partial charge in [0.2, 0.25) is 0 Å². The van der Waals surface area contributed by atoms with Gasteiger partial charge in [-0.25, -0.2) is 13.2 Å². The lowest BCUT2D eigenvalue weighted by Crippen LogP contribution is -2.44. The molecule has 3 heterocycles. The highest BCUT2D eigenvalue weighted by Crippen LogP contribution is 2.43. The number of rotatable bonds is 4. The fourth-order valence-corrected chi connectivity index (χ4v) is 6.34. The third kappa shape index (κ3) is 4.42. The zero-order valence-electron chi connectivity index (χ0n) is 20.1. The third-order valence-electron chi connectivity index (χ3n) is 7.16. The van der Waals surface area contributed by atoms with Crippen LogP contribution >= 0.6 is 0 Å². The van der Waals surface area contributed by atoms with Crippen molar-refractivity contribution in [1.29, 1.82) is 0 Å². The normalized spacial score (nSPS) is 19.8. The van der Waals surface area contributed by atoms with Gasteiger partial charge < -0.3 is 24.5 Å². The molecule has 3 aromatic rings. The van der Waals surface area contributed by atoms with Crippen LogP contribution in [0.2, 0.25) is 0 Å². The molecule has 2 N–H and O–H groups in total. The number of H-pyrrole nitrogens is 1. The van der Waals surface area contributed by atoms with E-state index in [1.807, 2.05) is 30.6 Å². The second kappa shape index (κ2) is 8.75. The van der Waals surface area contributed by atoms with Gasteiger partial charge in [0.1, 0.15) is 5.52 Å². The Bertz CT molecular complexity index is 1460. The maximum atomic E-state index is 12.8. The van der Waals surface area contributed by atoms with Gasteiger partial charge in [-0.15, -0.1) is 0 Å². The average molecular weight is 499 g/mol. The van der Waals surface area contributed by atoms with Crippen LogP contribution in [-0.4, -0.2) is 49.5 Å². The number of aryl methyl sites for hydroxylation is 1. The topological polar surface area (TPSA) is 114 Å². The van der Waals surface area contributed by atoms with Crippen LogP contribution in [0.4, 0.5) is 10.5 Å². The second-order valence-electron chi connectivity index (χ2n) is 9.71. The molecule has 1 amide bonds. The van der Waals surface area contributed by atoms with E-state index < -0.39 is 15.9 Å². The van der Waals surface area contributed by atoms with E-state index in [9.17, 15) is 18.0 Å². The minimum atomic E-state index is -3.20. The summed E-state index contributed by atoms with van der Waals surface area (Å²) in [6.45, 7) is 0.637. The number of carbonyl (C=O) groups excluding carboxylic acids is 1. The van der Waals surface area contributed by atoms with Crippen LogP contribution in [0, 0.1) is 0 Å². The molecular formula is C25H30N4O5S. The van der Waals surface area contributed by atoms with Crippen molar-refractivity contribution in [2.45, 2.75) is 50.1 Å². The summed E-state index contributed by atoms with van der Waals surface area (Å²) in [5, 5.41) is 3.81. The molecule has 1 aliphatic carbocycles. The van der Waals surface area contributed by atoms with E-state index in [1.165, 1.54) is 13.4 Å². The number of fused-ring (bicyclic) bond motifs is 2. The Balaban J connectivity index is 1.59. The van der Waals surface area contributed by atoms with Crippen molar-refractivity contribution < 1.29 is 17.9 Å². The van der Waals surface area contributed by atoms with Gasteiger partial charge in [0.25, 0.3) is 5.56 Å². The molecule has 1 saturated carbocycles. The van der Waals surface area contributed by atoms with E-state index in [-0.39, 0.29) is 23.4 Å². The van der Waals surface area contributed by atoms with Gasteiger partial charge in [0.05, 0.1) is 12.9 Å². The predicted octanol–water partition coefficient (Wildman–Crippen LogP) is 3.07. The van der Waals surface area contributed by atoms with Crippen LogP contribution < -0.4 is 15.8 Å². The molecule has 0 radical (unpaired) electrons. The van der Waals surface area contributed by atoms with E-state index in [0.29, 0.717) is 12.1 Å². The van der Waals surface area contributed by atoms with Gasteiger partial charge in [0, 0.05) is 66.5 Å². The number of sulfone groups is 1. The third-order valence-corrected chi connectivity index (χ3v) is 8.02. The van der Waals surface area contributed by atoms with Crippen molar-refractivity contribution in [3.63, 3.8) is 0 Å². The number of hydrogen-bond acceptors (Lipinski definition) is 6. The summed E-state index contributed by atoms with van der Waals surface area (Å²) in [5.41, 5.74) is 5.12. The quantitative estimate of drug-likeness (QED) is 0.572. The molecule has 0 atom stereocenters. The minimum absolute atomic E-state index is 0.0422. The van der Waals surface area contributed by atoms with Crippen LogP contribution in [0.1, 0.15) is 36.8 Å². The maximum Gasteiger partial charge on any atom is 0.407 e. The largest absolute Gasteiger partial charge is 0.453 e. The number of pyridine rings is 1. The molecule has 5 rings (SSSR count). The van der Waals surface area contributed by atoms with Gasteiger partial charge in [-0.05, 0) is 48.9 Å². The summed E-state index contributed by atoms with van der Waals surface area (Å²) in [5.74, 6) is -0.0422. The zero-order chi connectivity index (χ0) is 24.9. The molecule has 2 aromatic heterocycles. The first kappa shape index (κ1) is 23.5. The standard InChI is InChI=1S/C25H30N4O5S/c1-28-13-20-19-10-15(14-35(3,32)33)4-9-21(19)29(12-16-11-26-23(22(16)20)24(28)30)18-7-5-17(6-8-18)27-25(31)34-2/h4,9-11,13,17-18,26H,5-8,12,14H2,1-3H3,(H,27,31)/t17-,18+. The number of ether oxygens (including phenoxy) is 1. The SMILES string of the molecule is COC(=O)N[C@H]1CC[C@@H](N2Cc3c[nH]c4c(=O)n(C)cc(c34)-c3cc(CS(C)(=O)=O)ccc32)CC1. The summed E-state index contributed by atoms with van der Waals surface area (Å²) in [6, 6.07) is 6.18. The van der Waals surface area contributed by atoms with Gasteiger partial charge >= 0.3 is 6.09 Å². The van der Waals surface area contributed by atoms with Gasteiger partial charge in [-0.1, -0.05) is 6.07 Å². The highest BCUT2D eigenvalue weighted by Gasteiger charge is 2.32. The summed E-state index contributed by atoms with van der Waals surface area (Å²) in [7, 11) is -0.0973. The number of alkyl carbamates (subject to hydrolysis) is 1. The minimum Gasteiger partial charge on any atom is -0.453 e. The van der Waals surface area contributed by atoms with Gasteiger partial charge in [-0.3, -0.25) is 4.79 Å². The molecule has 0 bridgehead atoms. The Labute approximate surface area is 204 Å². The first-order valence-corrected chi connectivity index (χ1v) is 13.8. The lowest BCUT2D eigenvalue weighted by atomic mass is 9.89.